The number of piperidine rings is 1. The summed E-state index contributed by atoms with van der Waals surface area (Å²) in [5.41, 5.74) is 0.287. The summed E-state index contributed by atoms with van der Waals surface area (Å²) in [5, 5.41) is 3.39. The molecule has 1 saturated carbocycles. The van der Waals surface area contributed by atoms with Gasteiger partial charge in [0.1, 0.15) is 0 Å². The van der Waals surface area contributed by atoms with Crippen molar-refractivity contribution in [2.75, 3.05) is 19.6 Å². The van der Waals surface area contributed by atoms with E-state index in [1.807, 2.05) is 4.90 Å². The van der Waals surface area contributed by atoms with E-state index >= 15 is 0 Å². The summed E-state index contributed by atoms with van der Waals surface area (Å²) in [7, 11) is 0. The van der Waals surface area contributed by atoms with Crippen LogP contribution in [0.3, 0.4) is 0 Å². The van der Waals surface area contributed by atoms with E-state index < -0.39 is 0 Å². The van der Waals surface area contributed by atoms with Crippen LogP contribution in [0.1, 0.15) is 36.0 Å². The van der Waals surface area contributed by atoms with Crippen LogP contribution >= 0.6 is 0 Å². The molecule has 1 amide bonds. The van der Waals surface area contributed by atoms with Gasteiger partial charge >= 0.3 is 0 Å². The molecule has 5 heteroatoms. The molecule has 1 aliphatic heterocycles. The van der Waals surface area contributed by atoms with Crippen molar-refractivity contribution in [3.8, 4) is 0 Å². The van der Waals surface area contributed by atoms with Crippen molar-refractivity contribution in [2.45, 2.75) is 31.7 Å². The maximum absolute atomic E-state index is 12.6. The molecule has 20 heavy (non-hydrogen) atoms. The van der Waals surface area contributed by atoms with Crippen LogP contribution in [-0.4, -0.2) is 41.5 Å². The van der Waals surface area contributed by atoms with Crippen molar-refractivity contribution in [2.24, 2.45) is 5.92 Å². The van der Waals surface area contributed by atoms with Crippen LogP contribution in [0.2, 0.25) is 0 Å². The first-order valence-electron chi connectivity index (χ1n) is 7.44. The molecule has 1 unspecified atom stereocenters. The number of aromatic amines is 1. The molecule has 0 spiro atoms. The van der Waals surface area contributed by atoms with Crippen LogP contribution in [0, 0.1) is 5.92 Å². The maximum atomic E-state index is 12.6. The first kappa shape index (κ1) is 13.4. The van der Waals surface area contributed by atoms with Gasteiger partial charge in [-0.3, -0.25) is 9.59 Å². The third kappa shape index (κ3) is 3.10. The quantitative estimate of drug-likeness (QED) is 0.861. The maximum Gasteiger partial charge on any atom is 0.254 e. The van der Waals surface area contributed by atoms with Gasteiger partial charge in [0.2, 0.25) is 5.56 Å². The largest absolute Gasteiger partial charge is 0.335 e. The SMILES string of the molecule is O=C(c1cc[nH]c(=O)c1)N(CC1CCCNC1)C1CC1. The molecular formula is C15H21N3O2. The molecule has 0 bridgehead atoms. The fourth-order valence-corrected chi connectivity index (χ4v) is 2.89. The lowest BCUT2D eigenvalue weighted by atomic mass is 9.98. The second-order valence-electron chi connectivity index (χ2n) is 5.84. The highest BCUT2D eigenvalue weighted by Gasteiger charge is 2.34. The Morgan fingerprint density at radius 2 is 2.20 bits per heavy atom. The highest BCUT2D eigenvalue weighted by atomic mass is 16.2. The van der Waals surface area contributed by atoms with Gasteiger partial charge in [-0.2, -0.15) is 0 Å². The van der Waals surface area contributed by atoms with Gasteiger partial charge in [-0.25, -0.2) is 0 Å². The molecule has 0 aromatic carbocycles. The summed E-state index contributed by atoms with van der Waals surface area (Å²) in [6, 6.07) is 3.47. The van der Waals surface area contributed by atoms with Crippen LogP contribution in [0.25, 0.3) is 0 Å². The fourth-order valence-electron chi connectivity index (χ4n) is 2.89. The molecule has 2 aliphatic rings. The standard InChI is InChI=1S/C15H21N3O2/c19-14-8-12(5-7-17-14)15(20)18(13-3-4-13)10-11-2-1-6-16-9-11/h5,7-8,11,13,16H,1-4,6,9-10H2,(H,17,19). The lowest BCUT2D eigenvalue weighted by Gasteiger charge is -2.30. The topological polar surface area (TPSA) is 65.2 Å². The third-order valence-corrected chi connectivity index (χ3v) is 4.12. The molecular weight excluding hydrogens is 254 g/mol. The van der Waals surface area contributed by atoms with E-state index in [-0.39, 0.29) is 11.5 Å². The zero-order chi connectivity index (χ0) is 13.9. The van der Waals surface area contributed by atoms with Gasteiger partial charge < -0.3 is 15.2 Å². The zero-order valence-electron chi connectivity index (χ0n) is 11.6. The number of nitrogens with zero attached hydrogens (tertiary/aromatic N) is 1. The highest BCUT2D eigenvalue weighted by Crippen LogP contribution is 2.29. The summed E-state index contributed by atoms with van der Waals surface area (Å²) in [4.78, 5) is 28.5. The van der Waals surface area contributed by atoms with Crippen molar-refractivity contribution >= 4 is 5.91 Å². The minimum absolute atomic E-state index is 0.00386. The van der Waals surface area contributed by atoms with Gasteiger partial charge in [0, 0.05) is 30.4 Å². The van der Waals surface area contributed by atoms with Crippen LogP contribution in [0.4, 0.5) is 0 Å². The number of pyridine rings is 1. The van der Waals surface area contributed by atoms with Crippen molar-refractivity contribution in [3.63, 3.8) is 0 Å². The summed E-state index contributed by atoms with van der Waals surface area (Å²) in [5.74, 6) is 0.541. The second-order valence-corrected chi connectivity index (χ2v) is 5.84. The zero-order valence-corrected chi connectivity index (χ0v) is 11.6. The van der Waals surface area contributed by atoms with E-state index in [4.69, 9.17) is 0 Å². The Labute approximate surface area is 118 Å². The number of hydrogen-bond acceptors (Lipinski definition) is 3. The number of H-pyrrole nitrogens is 1. The molecule has 5 nitrogen and oxygen atoms in total. The number of hydrogen-bond donors (Lipinski definition) is 2. The van der Waals surface area contributed by atoms with E-state index in [1.54, 1.807) is 12.3 Å². The summed E-state index contributed by atoms with van der Waals surface area (Å²) in [6.45, 7) is 2.89. The highest BCUT2D eigenvalue weighted by molar-refractivity contribution is 5.94. The minimum Gasteiger partial charge on any atom is -0.335 e. The summed E-state index contributed by atoms with van der Waals surface area (Å²) in [6.07, 6.45) is 6.09. The van der Waals surface area contributed by atoms with Gasteiger partial charge in [0.15, 0.2) is 0 Å². The van der Waals surface area contributed by atoms with Crippen LogP contribution in [0.15, 0.2) is 23.1 Å². The second kappa shape index (κ2) is 5.79. The predicted octanol–water partition coefficient (Wildman–Crippen LogP) is 0.979. The minimum atomic E-state index is -0.217. The van der Waals surface area contributed by atoms with E-state index in [0.717, 1.165) is 32.5 Å². The molecule has 2 heterocycles. The van der Waals surface area contributed by atoms with E-state index in [2.05, 4.69) is 10.3 Å². The Kier molecular flexibility index (Phi) is 3.87. The molecule has 0 radical (unpaired) electrons. The Hall–Kier alpha value is -1.62. The summed E-state index contributed by atoms with van der Waals surface area (Å²) < 4.78 is 0. The Morgan fingerprint density at radius 3 is 2.85 bits per heavy atom. The number of carbonyl (C=O) groups excluding carboxylic acids is 1. The number of carbonyl (C=O) groups is 1. The van der Waals surface area contributed by atoms with E-state index in [0.29, 0.717) is 17.5 Å². The van der Waals surface area contributed by atoms with Crippen molar-refractivity contribution < 1.29 is 4.79 Å². The molecule has 2 N–H and O–H groups in total. The molecule has 1 aliphatic carbocycles. The first-order chi connectivity index (χ1) is 9.74. The normalized spacial score (nSPS) is 22.5. The molecule has 1 aromatic heterocycles. The van der Waals surface area contributed by atoms with Gasteiger partial charge in [-0.1, -0.05) is 0 Å². The lowest BCUT2D eigenvalue weighted by Crippen LogP contribution is -2.42. The number of aromatic nitrogens is 1. The van der Waals surface area contributed by atoms with Gasteiger partial charge in [-0.15, -0.1) is 0 Å². The number of amides is 1. The van der Waals surface area contributed by atoms with Crippen molar-refractivity contribution in [1.29, 1.82) is 0 Å². The van der Waals surface area contributed by atoms with Crippen LogP contribution in [0.5, 0.6) is 0 Å². The average Bonchev–Trinajstić information content (AvgIpc) is 3.30. The van der Waals surface area contributed by atoms with Crippen LogP contribution < -0.4 is 10.9 Å². The third-order valence-electron chi connectivity index (χ3n) is 4.12. The molecule has 3 rings (SSSR count). The Bertz CT molecular complexity index is 530. The Morgan fingerprint density at radius 1 is 1.35 bits per heavy atom. The number of nitrogens with one attached hydrogen (secondary N) is 2. The molecule has 2 fully saturated rings. The summed E-state index contributed by atoms with van der Waals surface area (Å²) >= 11 is 0. The van der Waals surface area contributed by atoms with Gasteiger partial charge in [0.25, 0.3) is 5.91 Å². The molecule has 108 valence electrons. The molecule has 1 atom stereocenters. The molecule has 1 saturated heterocycles. The van der Waals surface area contributed by atoms with Gasteiger partial charge in [0.05, 0.1) is 0 Å². The van der Waals surface area contributed by atoms with Crippen molar-refractivity contribution in [3.05, 3.63) is 34.2 Å². The fraction of sp³-hybridized carbons (Fsp3) is 0.600. The average molecular weight is 275 g/mol. The lowest BCUT2D eigenvalue weighted by molar-refractivity contribution is 0.0704. The van der Waals surface area contributed by atoms with Crippen LogP contribution in [-0.2, 0) is 0 Å². The smallest absolute Gasteiger partial charge is 0.254 e. The van der Waals surface area contributed by atoms with Crippen molar-refractivity contribution in [1.82, 2.24) is 15.2 Å². The van der Waals surface area contributed by atoms with Gasteiger partial charge in [-0.05, 0) is 50.8 Å². The van der Waals surface area contributed by atoms with E-state index in [1.165, 1.54) is 18.9 Å². The predicted molar refractivity (Wildman–Crippen MR) is 76.7 cm³/mol. The monoisotopic (exact) mass is 275 g/mol. The van der Waals surface area contributed by atoms with E-state index in [9.17, 15) is 9.59 Å². The number of rotatable bonds is 4. The first-order valence-corrected chi connectivity index (χ1v) is 7.44. The molecule has 1 aromatic rings. The Balaban J connectivity index is 1.72.